The fourth-order valence-electron chi connectivity index (χ4n) is 1.94. The number of aromatic carboxylic acids is 1. The lowest BCUT2D eigenvalue weighted by molar-refractivity contribution is -0.119. The van der Waals surface area contributed by atoms with Gasteiger partial charge in [0.1, 0.15) is 5.82 Å². The van der Waals surface area contributed by atoms with Crippen molar-refractivity contribution in [2.24, 2.45) is 0 Å². The molecule has 1 aromatic rings. The van der Waals surface area contributed by atoms with Gasteiger partial charge >= 0.3 is 5.97 Å². The highest BCUT2D eigenvalue weighted by molar-refractivity contribution is 5.88. The minimum Gasteiger partial charge on any atom is -0.478 e. The molecule has 0 spiro atoms. The third-order valence-electron chi connectivity index (χ3n) is 2.81. The van der Waals surface area contributed by atoms with E-state index in [4.69, 9.17) is 5.11 Å². The van der Waals surface area contributed by atoms with Crippen LogP contribution in [0.25, 0.3) is 0 Å². The summed E-state index contributed by atoms with van der Waals surface area (Å²) in [4.78, 5) is 26.1. The van der Waals surface area contributed by atoms with Crippen LogP contribution in [0.15, 0.2) is 12.1 Å². The monoisotopic (exact) mass is 249 g/mol. The number of anilines is 1. The standard InChI is InChI=1S/C12H15N3O3/c1-7-4-8(12(17)18)5-10(14-7)13-6-9-2-3-11(16)15-9/h4-5,9H,2-3,6H2,1H3,(H,13,14)(H,15,16)(H,17,18). The molecule has 1 saturated heterocycles. The average molecular weight is 249 g/mol. The van der Waals surface area contributed by atoms with E-state index in [1.807, 2.05) is 0 Å². The molecule has 1 atom stereocenters. The number of hydrogen-bond acceptors (Lipinski definition) is 4. The highest BCUT2D eigenvalue weighted by Crippen LogP contribution is 2.12. The average Bonchev–Trinajstić information content (AvgIpc) is 2.72. The zero-order valence-electron chi connectivity index (χ0n) is 10.1. The quantitative estimate of drug-likeness (QED) is 0.733. The van der Waals surface area contributed by atoms with E-state index in [2.05, 4.69) is 15.6 Å². The summed E-state index contributed by atoms with van der Waals surface area (Å²) in [5, 5.41) is 14.8. The van der Waals surface area contributed by atoms with Crippen LogP contribution in [0.2, 0.25) is 0 Å². The van der Waals surface area contributed by atoms with Crippen LogP contribution in [-0.4, -0.2) is 34.6 Å². The molecule has 96 valence electrons. The molecule has 1 amide bonds. The molecule has 1 aliphatic rings. The van der Waals surface area contributed by atoms with E-state index in [0.717, 1.165) is 6.42 Å². The molecular formula is C12H15N3O3. The topological polar surface area (TPSA) is 91.3 Å². The van der Waals surface area contributed by atoms with Crippen molar-refractivity contribution in [1.29, 1.82) is 0 Å². The molecule has 0 aromatic carbocycles. The van der Waals surface area contributed by atoms with Crippen LogP contribution in [0.5, 0.6) is 0 Å². The van der Waals surface area contributed by atoms with Gasteiger partial charge in [-0.3, -0.25) is 4.79 Å². The smallest absolute Gasteiger partial charge is 0.335 e. The maximum absolute atomic E-state index is 11.0. The molecule has 0 radical (unpaired) electrons. The first-order valence-corrected chi connectivity index (χ1v) is 5.80. The molecule has 1 aliphatic heterocycles. The molecule has 0 saturated carbocycles. The molecule has 1 fully saturated rings. The Kier molecular flexibility index (Phi) is 3.45. The summed E-state index contributed by atoms with van der Waals surface area (Å²) in [5.74, 6) is -0.392. The van der Waals surface area contributed by atoms with E-state index in [9.17, 15) is 9.59 Å². The van der Waals surface area contributed by atoms with Gasteiger partial charge < -0.3 is 15.7 Å². The Morgan fingerprint density at radius 3 is 3.00 bits per heavy atom. The predicted molar refractivity (Wildman–Crippen MR) is 65.6 cm³/mol. The molecule has 6 heteroatoms. The van der Waals surface area contributed by atoms with Gasteiger partial charge in [0.05, 0.1) is 5.56 Å². The molecule has 3 N–H and O–H groups in total. The summed E-state index contributed by atoms with van der Waals surface area (Å²) in [6.07, 6.45) is 1.34. The van der Waals surface area contributed by atoms with Gasteiger partial charge in [-0.15, -0.1) is 0 Å². The third-order valence-corrected chi connectivity index (χ3v) is 2.81. The summed E-state index contributed by atoms with van der Waals surface area (Å²) >= 11 is 0. The second-order valence-corrected chi connectivity index (χ2v) is 4.37. The number of pyridine rings is 1. The summed E-state index contributed by atoms with van der Waals surface area (Å²) in [7, 11) is 0. The normalized spacial score (nSPS) is 18.5. The van der Waals surface area contributed by atoms with Crippen molar-refractivity contribution in [3.63, 3.8) is 0 Å². The Hall–Kier alpha value is -2.11. The largest absolute Gasteiger partial charge is 0.478 e. The lowest BCUT2D eigenvalue weighted by Crippen LogP contribution is -2.32. The molecule has 6 nitrogen and oxygen atoms in total. The number of hydrogen-bond donors (Lipinski definition) is 3. The van der Waals surface area contributed by atoms with Crippen molar-refractivity contribution < 1.29 is 14.7 Å². The SMILES string of the molecule is Cc1cc(C(=O)O)cc(NCC2CCC(=O)N2)n1. The zero-order chi connectivity index (χ0) is 13.1. The fourth-order valence-corrected chi connectivity index (χ4v) is 1.94. The Balaban J connectivity index is 2.00. The fraction of sp³-hybridized carbons (Fsp3) is 0.417. The summed E-state index contributed by atoms with van der Waals surface area (Å²) in [6.45, 7) is 2.30. The van der Waals surface area contributed by atoms with Crippen LogP contribution < -0.4 is 10.6 Å². The van der Waals surface area contributed by atoms with Gasteiger partial charge in [-0.25, -0.2) is 9.78 Å². The second kappa shape index (κ2) is 5.03. The Labute approximate surface area is 104 Å². The number of carboxylic acids is 1. The minimum atomic E-state index is -0.974. The van der Waals surface area contributed by atoms with Gasteiger partial charge in [0.25, 0.3) is 0 Å². The number of aryl methyl sites for hydroxylation is 1. The summed E-state index contributed by atoms with van der Waals surface area (Å²) in [6, 6.07) is 3.10. The molecule has 18 heavy (non-hydrogen) atoms. The number of nitrogens with zero attached hydrogens (tertiary/aromatic N) is 1. The van der Waals surface area contributed by atoms with Gasteiger partial charge in [0.15, 0.2) is 0 Å². The van der Waals surface area contributed by atoms with Crippen molar-refractivity contribution in [2.45, 2.75) is 25.8 Å². The van der Waals surface area contributed by atoms with Gasteiger partial charge in [-0.05, 0) is 25.5 Å². The molecule has 0 aliphatic carbocycles. The van der Waals surface area contributed by atoms with Gasteiger partial charge in [0.2, 0.25) is 5.91 Å². The number of rotatable bonds is 4. The lowest BCUT2D eigenvalue weighted by atomic mass is 10.2. The number of amides is 1. The predicted octanol–water partition coefficient (Wildman–Crippen LogP) is 0.779. The number of nitrogens with one attached hydrogen (secondary N) is 2. The first-order chi connectivity index (χ1) is 8.54. The summed E-state index contributed by atoms with van der Waals surface area (Å²) < 4.78 is 0. The molecule has 0 bridgehead atoms. The van der Waals surface area contributed by atoms with E-state index in [0.29, 0.717) is 24.5 Å². The second-order valence-electron chi connectivity index (χ2n) is 4.37. The minimum absolute atomic E-state index is 0.0604. The highest BCUT2D eigenvalue weighted by atomic mass is 16.4. The van der Waals surface area contributed by atoms with Crippen molar-refractivity contribution in [1.82, 2.24) is 10.3 Å². The Morgan fingerprint density at radius 1 is 1.61 bits per heavy atom. The number of carboxylic acid groups (broad SMARTS) is 1. The Bertz CT molecular complexity index is 487. The highest BCUT2D eigenvalue weighted by Gasteiger charge is 2.20. The van der Waals surface area contributed by atoms with Crippen LogP contribution in [0.4, 0.5) is 5.82 Å². The zero-order valence-corrected chi connectivity index (χ0v) is 10.1. The van der Waals surface area contributed by atoms with Crippen molar-refractivity contribution >= 4 is 17.7 Å². The van der Waals surface area contributed by atoms with Crippen LogP contribution in [0.3, 0.4) is 0 Å². The van der Waals surface area contributed by atoms with E-state index >= 15 is 0 Å². The lowest BCUT2D eigenvalue weighted by Gasteiger charge is -2.12. The van der Waals surface area contributed by atoms with E-state index in [1.54, 1.807) is 6.92 Å². The summed E-state index contributed by atoms with van der Waals surface area (Å²) in [5.41, 5.74) is 0.855. The Morgan fingerprint density at radius 2 is 2.39 bits per heavy atom. The van der Waals surface area contributed by atoms with Gasteiger partial charge in [0, 0.05) is 24.7 Å². The molecule has 1 aromatic heterocycles. The van der Waals surface area contributed by atoms with Crippen LogP contribution in [0.1, 0.15) is 28.9 Å². The van der Waals surface area contributed by atoms with Gasteiger partial charge in [-0.2, -0.15) is 0 Å². The third kappa shape index (κ3) is 2.97. The maximum atomic E-state index is 11.0. The van der Waals surface area contributed by atoms with Crippen molar-refractivity contribution in [3.05, 3.63) is 23.4 Å². The molecule has 1 unspecified atom stereocenters. The van der Waals surface area contributed by atoms with E-state index in [1.165, 1.54) is 12.1 Å². The van der Waals surface area contributed by atoms with Gasteiger partial charge in [-0.1, -0.05) is 0 Å². The van der Waals surface area contributed by atoms with Crippen LogP contribution >= 0.6 is 0 Å². The van der Waals surface area contributed by atoms with Crippen LogP contribution in [-0.2, 0) is 4.79 Å². The number of carbonyl (C=O) groups is 2. The van der Waals surface area contributed by atoms with E-state index in [-0.39, 0.29) is 17.5 Å². The van der Waals surface area contributed by atoms with Crippen LogP contribution in [0, 0.1) is 6.92 Å². The maximum Gasteiger partial charge on any atom is 0.335 e. The molecule has 2 heterocycles. The number of aromatic nitrogens is 1. The van der Waals surface area contributed by atoms with Crippen molar-refractivity contribution in [3.8, 4) is 0 Å². The van der Waals surface area contributed by atoms with Crippen molar-refractivity contribution in [2.75, 3.05) is 11.9 Å². The number of carbonyl (C=O) groups excluding carboxylic acids is 1. The first-order valence-electron chi connectivity index (χ1n) is 5.80. The molecular weight excluding hydrogens is 234 g/mol. The molecule has 2 rings (SSSR count). The van der Waals surface area contributed by atoms with E-state index < -0.39 is 5.97 Å². The first kappa shape index (κ1) is 12.3.